The number of hydrogen-bond acceptors (Lipinski definition) is 8. The number of ether oxygens (including phenoxy) is 1. The molecule has 0 aliphatic carbocycles. The minimum atomic E-state index is -1.25. The van der Waals surface area contributed by atoms with Gasteiger partial charge in [0.2, 0.25) is 0 Å². The number of fused-ring (bicyclic) bond motifs is 1. The van der Waals surface area contributed by atoms with Crippen molar-refractivity contribution in [1.29, 1.82) is 0 Å². The molecule has 0 aliphatic heterocycles. The molecule has 3 aromatic rings. The zero-order chi connectivity index (χ0) is 21.7. The Hall–Kier alpha value is -3.05. The number of halogens is 2. The molecule has 2 aromatic heterocycles. The van der Waals surface area contributed by atoms with Crippen molar-refractivity contribution in [3.05, 3.63) is 35.0 Å². The van der Waals surface area contributed by atoms with Crippen molar-refractivity contribution in [2.75, 3.05) is 37.6 Å². The number of carbonyl (C=O) groups excluding carboxylic acids is 1. The van der Waals surface area contributed by atoms with Gasteiger partial charge < -0.3 is 26.2 Å². The minimum Gasteiger partial charge on any atom is -0.483 e. The lowest BCUT2D eigenvalue weighted by Crippen LogP contribution is -2.26. The van der Waals surface area contributed by atoms with Crippen molar-refractivity contribution in [3.63, 3.8) is 0 Å². The van der Waals surface area contributed by atoms with Gasteiger partial charge in [-0.3, -0.25) is 4.79 Å². The molecule has 0 spiro atoms. The van der Waals surface area contributed by atoms with E-state index in [2.05, 4.69) is 20.6 Å². The van der Waals surface area contributed by atoms with Crippen molar-refractivity contribution >= 4 is 44.7 Å². The third-order valence-corrected chi connectivity index (χ3v) is 5.43. The normalized spacial score (nSPS) is 11.1. The maximum Gasteiger partial charge on any atom is 0.261 e. The largest absolute Gasteiger partial charge is 0.483 e. The van der Waals surface area contributed by atoms with E-state index in [1.807, 2.05) is 0 Å². The number of carbonyl (C=O) groups is 1. The van der Waals surface area contributed by atoms with Crippen LogP contribution in [0.15, 0.2) is 24.5 Å². The lowest BCUT2D eigenvalue weighted by molar-refractivity contribution is 0.0948. The van der Waals surface area contributed by atoms with Gasteiger partial charge in [-0.15, -0.1) is 11.3 Å². The molecular weight excluding hydrogens is 416 g/mol. The average Bonchev–Trinajstić information content (AvgIpc) is 3.09. The van der Waals surface area contributed by atoms with Gasteiger partial charge in [-0.1, -0.05) is 0 Å². The summed E-state index contributed by atoms with van der Waals surface area (Å²) in [6.07, 6.45) is 0.0993. The highest BCUT2D eigenvalue weighted by Crippen LogP contribution is 2.37. The smallest absolute Gasteiger partial charge is 0.261 e. The van der Waals surface area contributed by atoms with E-state index in [0.717, 1.165) is 0 Å². The Morgan fingerprint density at radius 2 is 2.10 bits per heavy atom. The molecule has 0 bridgehead atoms. The summed E-state index contributed by atoms with van der Waals surface area (Å²) < 4.78 is 31.3. The number of nitrogens with two attached hydrogens (primary N) is 1. The highest BCUT2D eigenvalue weighted by Gasteiger charge is 2.20. The lowest BCUT2D eigenvalue weighted by Gasteiger charge is -2.17. The quantitative estimate of drug-likeness (QED) is 0.380. The van der Waals surface area contributed by atoms with Crippen LogP contribution in [0.5, 0.6) is 5.75 Å². The van der Waals surface area contributed by atoms with Crippen LogP contribution in [0.3, 0.4) is 0 Å². The minimum absolute atomic E-state index is 0.139. The van der Waals surface area contributed by atoms with Crippen LogP contribution in [0.1, 0.15) is 15.2 Å². The topological polar surface area (TPSA) is 122 Å². The van der Waals surface area contributed by atoms with Crippen molar-refractivity contribution in [2.45, 2.75) is 13.0 Å². The molecule has 0 atom stereocenters. The number of thiophene rings is 1. The van der Waals surface area contributed by atoms with Crippen LogP contribution in [-0.4, -0.2) is 53.6 Å². The number of aryl methyl sites for hydroxylation is 1. The number of nitrogens with zero attached hydrogens (tertiary/aromatic N) is 2. The first-order chi connectivity index (χ1) is 14.5. The Balaban J connectivity index is 1.99. The second-order valence-electron chi connectivity index (χ2n) is 6.37. The van der Waals surface area contributed by atoms with Crippen LogP contribution in [-0.2, 0) is 0 Å². The van der Waals surface area contributed by atoms with Gasteiger partial charge in [-0.2, -0.15) is 0 Å². The summed E-state index contributed by atoms with van der Waals surface area (Å²) in [4.78, 5) is 21.9. The predicted octanol–water partition coefficient (Wildman–Crippen LogP) is 2.73. The van der Waals surface area contributed by atoms with Crippen molar-refractivity contribution in [2.24, 2.45) is 0 Å². The zero-order valence-electron chi connectivity index (χ0n) is 16.1. The molecular formula is C19H21F2N5O3S. The molecule has 0 fully saturated rings. The highest BCUT2D eigenvalue weighted by molar-refractivity contribution is 7.20. The number of rotatable bonds is 9. The Labute approximate surface area is 175 Å². The van der Waals surface area contributed by atoms with Gasteiger partial charge in [0.25, 0.3) is 5.91 Å². The molecule has 0 aliphatic rings. The summed E-state index contributed by atoms with van der Waals surface area (Å²) in [7, 11) is 0. The Morgan fingerprint density at radius 1 is 1.33 bits per heavy atom. The van der Waals surface area contributed by atoms with Gasteiger partial charge >= 0.3 is 0 Å². The van der Waals surface area contributed by atoms with E-state index >= 15 is 0 Å². The molecule has 0 saturated heterocycles. The molecule has 0 radical (unpaired) electrons. The maximum atomic E-state index is 12.9. The van der Waals surface area contributed by atoms with Gasteiger partial charge in [0, 0.05) is 18.3 Å². The number of anilines is 3. The summed E-state index contributed by atoms with van der Waals surface area (Å²) in [5.74, 6) is 0.262. The molecule has 0 saturated carbocycles. The molecule has 11 heteroatoms. The van der Waals surface area contributed by atoms with Crippen molar-refractivity contribution in [1.82, 2.24) is 15.3 Å². The standard InChI is InChI=1S/C19H21F2N5O3S/c1-10-15-17(24-9-25-19(15)30-16(10)18(28)23-4-5-27)26-13-3-2-11(22)6-14(13)29-12(7-20)8-21/h2-3,6,9,12,27H,4-5,7-8,22H2,1H3,(H,23,28)(H,24,25,26). The molecule has 160 valence electrons. The number of amides is 1. The number of aliphatic hydroxyl groups excluding tert-OH is 1. The van der Waals surface area contributed by atoms with Gasteiger partial charge in [0.05, 0.1) is 22.6 Å². The predicted molar refractivity (Wildman–Crippen MR) is 112 cm³/mol. The number of aliphatic hydroxyl groups is 1. The number of nitrogen functional groups attached to an aromatic ring is 1. The fourth-order valence-electron chi connectivity index (χ4n) is 2.78. The maximum absolute atomic E-state index is 12.9. The Kier molecular flexibility index (Phi) is 6.95. The summed E-state index contributed by atoms with van der Waals surface area (Å²) in [6.45, 7) is -0.235. The van der Waals surface area contributed by atoms with Gasteiger partial charge in [-0.25, -0.2) is 18.7 Å². The Bertz CT molecular complexity index is 1040. The summed E-state index contributed by atoms with van der Waals surface area (Å²) in [5, 5.41) is 15.3. The van der Waals surface area contributed by atoms with E-state index in [9.17, 15) is 13.6 Å². The molecule has 3 rings (SSSR count). The summed E-state index contributed by atoms with van der Waals surface area (Å²) >= 11 is 1.20. The van der Waals surface area contributed by atoms with Crippen LogP contribution in [0, 0.1) is 6.92 Å². The van der Waals surface area contributed by atoms with Crippen molar-refractivity contribution in [3.8, 4) is 5.75 Å². The van der Waals surface area contributed by atoms with Crippen LogP contribution in [0.4, 0.5) is 26.0 Å². The summed E-state index contributed by atoms with van der Waals surface area (Å²) in [5.41, 5.74) is 7.23. The molecule has 1 amide bonds. The van der Waals surface area contributed by atoms with Crippen LogP contribution < -0.4 is 21.1 Å². The number of alkyl halides is 2. The monoisotopic (exact) mass is 437 g/mol. The third-order valence-electron chi connectivity index (χ3n) is 4.23. The van der Waals surface area contributed by atoms with Gasteiger partial charge in [-0.05, 0) is 24.6 Å². The molecule has 1 aromatic carbocycles. The molecule has 8 nitrogen and oxygen atoms in total. The first-order valence-electron chi connectivity index (χ1n) is 9.06. The SMILES string of the molecule is Cc1c(C(=O)NCCO)sc2ncnc(Nc3ccc(N)cc3OC(CF)CF)c12. The zero-order valence-corrected chi connectivity index (χ0v) is 16.9. The van der Waals surface area contributed by atoms with E-state index in [1.54, 1.807) is 19.1 Å². The number of hydrogen-bond donors (Lipinski definition) is 4. The van der Waals surface area contributed by atoms with E-state index in [1.165, 1.54) is 23.7 Å². The van der Waals surface area contributed by atoms with E-state index in [0.29, 0.717) is 37.8 Å². The second-order valence-corrected chi connectivity index (χ2v) is 7.37. The van der Waals surface area contributed by atoms with Gasteiger partial charge in [0.1, 0.15) is 36.1 Å². The van der Waals surface area contributed by atoms with Crippen LogP contribution >= 0.6 is 11.3 Å². The fraction of sp³-hybridized carbons (Fsp3) is 0.316. The second kappa shape index (κ2) is 9.63. The highest BCUT2D eigenvalue weighted by atomic mass is 32.1. The van der Waals surface area contributed by atoms with Crippen LogP contribution in [0.25, 0.3) is 10.2 Å². The first kappa shape index (κ1) is 21.7. The molecule has 5 N–H and O–H groups in total. The molecule has 0 unspecified atom stereocenters. The average molecular weight is 437 g/mol. The van der Waals surface area contributed by atoms with Gasteiger partial charge in [0.15, 0.2) is 6.10 Å². The fourth-order valence-corrected chi connectivity index (χ4v) is 3.85. The van der Waals surface area contributed by atoms with E-state index in [-0.39, 0.29) is 24.8 Å². The third kappa shape index (κ3) is 4.57. The molecule has 30 heavy (non-hydrogen) atoms. The first-order valence-corrected chi connectivity index (χ1v) is 9.88. The van der Waals surface area contributed by atoms with E-state index in [4.69, 9.17) is 15.6 Å². The number of aromatic nitrogens is 2. The Morgan fingerprint density at radius 3 is 2.80 bits per heavy atom. The van der Waals surface area contributed by atoms with Crippen LogP contribution in [0.2, 0.25) is 0 Å². The lowest BCUT2D eigenvalue weighted by atomic mass is 10.2. The molecule has 2 heterocycles. The van der Waals surface area contributed by atoms with E-state index < -0.39 is 19.5 Å². The number of nitrogens with one attached hydrogen (secondary N) is 2. The van der Waals surface area contributed by atoms with Crippen molar-refractivity contribution < 1.29 is 23.4 Å². The summed E-state index contributed by atoms with van der Waals surface area (Å²) in [6, 6.07) is 4.69. The number of benzene rings is 1.